The number of nitrogens with zero attached hydrogens (tertiary/aromatic N) is 2. The van der Waals surface area contributed by atoms with Crippen molar-refractivity contribution >= 4 is 0 Å². The minimum absolute atomic E-state index is 0.258. The largest absolute Gasteiger partial charge is 0.396 e. The highest BCUT2D eigenvalue weighted by Gasteiger charge is 2.26. The van der Waals surface area contributed by atoms with E-state index in [0.717, 1.165) is 39.1 Å². The number of aryl methyl sites for hydroxylation is 1. The van der Waals surface area contributed by atoms with Gasteiger partial charge in [0.15, 0.2) is 0 Å². The van der Waals surface area contributed by atoms with E-state index >= 15 is 0 Å². The Morgan fingerprint density at radius 3 is 2.50 bits per heavy atom. The molecule has 0 saturated carbocycles. The van der Waals surface area contributed by atoms with Crippen molar-refractivity contribution in [3.8, 4) is 0 Å². The summed E-state index contributed by atoms with van der Waals surface area (Å²) < 4.78 is 0. The first-order valence-electron chi connectivity index (χ1n) is 8.91. The van der Waals surface area contributed by atoms with E-state index in [1.54, 1.807) is 0 Å². The van der Waals surface area contributed by atoms with E-state index in [-0.39, 0.29) is 6.61 Å². The molecule has 1 saturated heterocycles. The van der Waals surface area contributed by atoms with Crippen LogP contribution in [0.25, 0.3) is 0 Å². The van der Waals surface area contributed by atoms with E-state index in [2.05, 4.69) is 71.3 Å². The lowest BCUT2D eigenvalue weighted by atomic mass is 10.1. The summed E-state index contributed by atoms with van der Waals surface area (Å²) >= 11 is 0. The lowest BCUT2D eigenvalue weighted by Crippen LogP contribution is -2.52. The fourth-order valence-corrected chi connectivity index (χ4v) is 3.62. The van der Waals surface area contributed by atoms with Gasteiger partial charge in [0.05, 0.1) is 0 Å². The maximum atomic E-state index is 9.47. The second-order valence-corrected chi connectivity index (χ2v) is 6.85. The third-order valence-corrected chi connectivity index (χ3v) is 4.87. The number of aliphatic hydroxyl groups excluding tert-OH is 1. The Bertz CT molecular complexity index is 629. The predicted octanol–water partition coefficient (Wildman–Crippen LogP) is 3.06. The van der Waals surface area contributed by atoms with E-state index in [4.69, 9.17) is 0 Å². The zero-order valence-corrected chi connectivity index (χ0v) is 14.6. The van der Waals surface area contributed by atoms with Crippen LogP contribution in [0.5, 0.6) is 0 Å². The van der Waals surface area contributed by atoms with E-state index in [1.165, 1.54) is 16.7 Å². The van der Waals surface area contributed by atoms with Gasteiger partial charge in [0, 0.05) is 45.4 Å². The van der Waals surface area contributed by atoms with Crippen molar-refractivity contribution in [1.82, 2.24) is 9.80 Å². The van der Waals surface area contributed by atoms with E-state index in [0.29, 0.717) is 6.04 Å². The summed E-state index contributed by atoms with van der Waals surface area (Å²) in [6.45, 7) is 7.56. The van der Waals surface area contributed by atoms with Crippen LogP contribution < -0.4 is 0 Å². The highest BCUT2D eigenvalue weighted by molar-refractivity contribution is 5.22. The van der Waals surface area contributed by atoms with Crippen LogP contribution in [0.2, 0.25) is 0 Å². The third-order valence-electron chi connectivity index (χ3n) is 4.87. The molecule has 1 aliphatic heterocycles. The molecule has 0 aliphatic carbocycles. The highest BCUT2D eigenvalue weighted by atomic mass is 16.3. The summed E-state index contributed by atoms with van der Waals surface area (Å²) in [5.41, 5.74) is 4.06. The third kappa shape index (κ3) is 4.67. The van der Waals surface area contributed by atoms with Crippen LogP contribution in [-0.2, 0) is 13.1 Å². The molecule has 2 aromatic carbocycles. The Morgan fingerprint density at radius 1 is 0.958 bits per heavy atom. The van der Waals surface area contributed by atoms with Crippen molar-refractivity contribution in [2.24, 2.45) is 0 Å². The van der Waals surface area contributed by atoms with Crippen LogP contribution in [-0.4, -0.2) is 47.2 Å². The molecule has 0 spiro atoms. The first-order valence-corrected chi connectivity index (χ1v) is 8.91. The van der Waals surface area contributed by atoms with Crippen LogP contribution in [0, 0.1) is 6.92 Å². The topological polar surface area (TPSA) is 26.7 Å². The van der Waals surface area contributed by atoms with Gasteiger partial charge in [0.1, 0.15) is 0 Å². The van der Waals surface area contributed by atoms with Crippen molar-refractivity contribution in [2.45, 2.75) is 32.5 Å². The molecule has 1 N–H and O–H groups in total. The number of benzene rings is 2. The maximum absolute atomic E-state index is 9.47. The van der Waals surface area contributed by atoms with Crippen LogP contribution >= 0.6 is 0 Å². The molecule has 0 amide bonds. The summed E-state index contributed by atoms with van der Waals surface area (Å²) in [5.74, 6) is 0. The molecular weight excluding hydrogens is 296 g/mol. The molecule has 1 fully saturated rings. The normalized spacial score (nSPS) is 19.5. The molecule has 24 heavy (non-hydrogen) atoms. The van der Waals surface area contributed by atoms with Gasteiger partial charge in [0.2, 0.25) is 0 Å². The lowest BCUT2D eigenvalue weighted by molar-refractivity contribution is 0.0500. The maximum Gasteiger partial charge on any atom is 0.0446 e. The molecule has 0 bridgehead atoms. The van der Waals surface area contributed by atoms with Crippen LogP contribution in [0.4, 0.5) is 0 Å². The van der Waals surface area contributed by atoms with Crippen molar-refractivity contribution < 1.29 is 5.11 Å². The molecule has 0 radical (unpaired) electrons. The van der Waals surface area contributed by atoms with E-state index in [1.807, 2.05) is 0 Å². The highest BCUT2D eigenvalue weighted by Crippen LogP contribution is 2.18. The molecule has 0 aromatic heterocycles. The standard InChI is InChI=1S/C21H28N2O/c1-18-6-5-9-20(14-18)15-22-11-12-23(21(17-22)10-13-24)16-19-7-3-2-4-8-19/h2-9,14,21,24H,10-13,15-17H2,1H3/t21-/m0/s1. The molecule has 3 nitrogen and oxygen atoms in total. The minimum atomic E-state index is 0.258. The fourth-order valence-electron chi connectivity index (χ4n) is 3.62. The quantitative estimate of drug-likeness (QED) is 0.885. The molecule has 3 heteroatoms. The number of hydrogen-bond donors (Lipinski definition) is 1. The molecule has 0 unspecified atom stereocenters. The van der Waals surface area contributed by atoms with Gasteiger partial charge in [0.25, 0.3) is 0 Å². The molecule has 3 rings (SSSR count). The smallest absolute Gasteiger partial charge is 0.0446 e. The molecule has 1 heterocycles. The van der Waals surface area contributed by atoms with Gasteiger partial charge in [-0.25, -0.2) is 0 Å². The van der Waals surface area contributed by atoms with Crippen molar-refractivity contribution in [2.75, 3.05) is 26.2 Å². The summed E-state index contributed by atoms with van der Waals surface area (Å²) in [6, 6.07) is 19.8. The zero-order chi connectivity index (χ0) is 16.8. The van der Waals surface area contributed by atoms with Crippen molar-refractivity contribution in [1.29, 1.82) is 0 Å². The predicted molar refractivity (Wildman–Crippen MR) is 98.8 cm³/mol. The first kappa shape index (κ1) is 17.2. The van der Waals surface area contributed by atoms with Crippen LogP contribution in [0.1, 0.15) is 23.1 Å². The zero-order valence-electron chi connectivity index (χ0n) is 14.6. The summed E-state index contributed by atoms with van der Waals surface area (Å²) in [4.78, 5) is 5.05. The average molecular weight is 324 g/mol. The number of aliphatic hydroxyl groups is 1. The second kappa shape index (κ2) is 8.43. The summed E-state index contributed by atoms with van der Waals surface area (Å²) in [7, 11) is 0. The molecule has 1 atom stereocenters. The van der Waals surface area contributed by atoms with Crippen LogP contribution in [0.15, 0.2) is 54.6 Å². The van der Waals surface area contributed by atoms with Gasteiger partial charge in [-0.15, -0.1) is 0 Å². The average Bonchev–Trinajstić information content (AvgIpc) is 2.58. The number of piperazine rings is 1. The number of rotatable bonds is 6. The Balaban J connectivity index is 1.62. The lowest BCUT2D eigenvalue weighted by Gasteiger charge is -2.41. The van der Waals surface area contributed by atoms with Gasteiger partial charge in [-0.3, -0.25) is 9.80 Å². The van der Waals surface area contributed by atoms with Gasteiger partial charge in [-0.1, -0.05) is 60.2 Å². The van der Waals surface area contributed by atoms with E-state index < -0.39 is 0 Å². The number of hydrogen-bond acceptors (Lipinski definition) is 3. The Kier molecular flexibility index (Phi) is 6.02. The summed E-state index contributed by atoms with van der Waals surface area (Å²) in [6.07, 6.45) is 0.844. The molecule has 1 aliphatic rings. The molecule has 128 valence electrons. The Labute approximate surface area is 145 Å². The molecule has 2 aromatic rings. The monoisotopic (exact) mass is 324 g/mol. The Hall–Kier alpha value is -1.68. The molecular formula is C21H28N2O. The fraction of sp³-hybridized carbons (Fsp3) is 0.429. The van der Waals surface area contributed by atoms with Gasteiger partial charge >= 0.3 is 0 Å². The minimum Gasteiger partial charge on any atom is -0.396 e. The van der Waals surface area contributed by atoms with Gasteiger partial charge in [-0.05, 0) is 24.5 Å². The second-order valence-electron chi connectivity index (χ2n) is 6.85. The Morgan fingerprint density at radius 2 is 1.75 bits per heavy atom. The van der Waals surface area contributed by atoms with Gasteiger partial charge < -0.3 is 5.11 Å². The first-order chi connectivity index (χ1) is 11.7. The summed E-state index contributed by atoms with van der Waals surface area (Å²) in [5, 5.41) is 9.47. The van der Waals surface area contributed by atoms with Crippen molar-refractivity contribution in [3.05, 3.63) is 71.3 Å². The van der Waals surface area contributed by atoms with Crippen LogP contribution in [0.3, 0.4) is 0 Å². The SMILES string of the molecule is Cc1cccc(CN2CCN(Cc3ccccc3)[C@@H](CCO)C2)c1. The van der Waals surface area contributed by atoms with Crippen molar-refractivity contribution in [3.63, 3.8) is 0 Å². The van der Waals surface area contributed by atoms with E-state index in [9.17, 15) is 5.11 Å². The van der Waals surface area contributed by atoms with Gasteiger partial charge in [-0.2, -0.15) is 0 Å².